The number of aryl methyl sites for hydroxylation is 1. The van der Waals surface area contributed by atoms with Gasteiger partial charge in [-0.05, 0) is 47.4 Å². The van der Waals surface area contributed by atoms with Gasteiger partial charge in [0.15, 0.2) is 0 Å². The number of hydrogen-bond acceptors (Lipinski definition) is 3. The highest BCUT2D eigenvalue weighted by molar-refractivity contribution is 5.86. The van der Waals surface area contributed by atoms with Crippen molar-refractivity contribution in [2.75, 3.05) is 14.2 Å². The monoisotopic (exact) mass is 363 g/mol. The molecule has 0 aliphatic heterocycles. The Bertz CT molecular complexity index is 908. The number of benzene rings is 3. The second kappa shape index (κ2) is 8.58. The van der Waals surface area contributed by atoms with Crippen LogP contribution in [0.5, 0.6) is 11.5 Å². The molecule has 4 heteroatoms. The van der Waals surface area contributed by atoms with Crippen molar-refractivity contribution in [2.24, 2.45) is 0 Å². The van der Waals surface area contributed by atoms with Gasteiger partial charge in [0.25, 0.3) is 0 Å². The van der Waals surface area contributed by atoms with Crippen LogP contribution in [0.2, 0.25) is 0 Å². The zero-order chi connectivity index (χ0) is 19.2. The molecule has 3 rings (SSSR count). The summed E-state index contributed by atoms with van der Waals surface area (Å²) in [6, 6.07) is 20.1. The van der Waals surface area contributed by atoms with Crippen molar-refractivity contribution in [3.05, 3.63) is 71.8 Å². The van der Waals surface area contributed by atoms with Crippen LogP contribution in [-0.2, 0) is 11.2 Å². The number of fused-ring (bicyclic) bond motifs is 1. The number of methoxy groups -OCH3 is 2. The molecule has 0 aliphatic rings. The number of carbonyl (C=O) groups is 1. The average molecular weight is 363 g/mol. The van der Waals surface area contributed by atoms with Crippen molar-refractivity contribution in [3.8, 4) is 11.5 Å². The van der Waals surface area contributed by atoms with E-state index >= 15 is 0 Å². The molecule has 1 amide bonds. The van der Waals surface area contributed by atoms with Gasteiger partial charge in [-0.1, -0.05) is 42.5 Å². The van der Waals surface area contributed by atoms with Crippen LogP contribution in [0.1, 0.15) is 30.5 Å². The average Bonchev–Trinajstić information content (AvgIpc) is 2.71. The first-order chi connectivity index (χ1) is 13.1. The third-order valence-electron chi connectivity index (χ3n) is 4.72. The summed E-state index contributed by atoms with van der Waals surface area (Å²) < 4.78 is 10.6. The summed E-state index contributed by atoms with van der Waals surface area (Å²) in [4.78, 5) is 12.5. The molecule has 0 saturated heterocycles. The Morgan fingerprint density at radius 2 is 1.63 bits per heavy atom. The molecule has 1 N–H and O–H groups in total. The van der Waals surface area contributed by atoms with Gasteiger partial charge in [0.05, 0.1) is 20.3 Å². The van der Waals surface area contributed by atoms with E-state index in [4.69, 9.17) is 9.47 Å². The van der Waals surface area contributed by atoms with Crippen LogP contribution >= 0.6 is 0 Å². The first-order valence-corrected chi connectivity index (χ1v) is 9.09. The topological polar surface area (TPSA) is 47.6 Å². The highest BCUT2D eigenvalue weighted by Gasteiger charge is 2.13. The summed E-state index contributed by atoms with van der Waals surface area (Å²) in [6.07, 6.45) is 1.03. The Kier molecular flexibility index (Phi) is 5.97. The van der Waals surface area contributed by atoms with E-state index in [2.05, 4.69) is 29.6 Å². The minimum absolute atomic E-state index is 0.0252. The molecule has 0 spiro atoms. The van der Waals surface area contributed by atoms with E-state index in [1.807, 2.05) is 43.3 Å². The van der Waals surface area contributed by atoms with Crippen LogP contribution in [0, 0.1) is 0 Å². The van der Waals surface area contributed by atoms with Crippen LogP contribution in [0.4, 0.5) is 0 Å². The summed E-state index contributed by atoms with van der Waals surface area (Å²) in [5.74, 6) is 1.49. The molecular weight excluding hydrogens is 338 g/mol. The Balaban J connectivity index is 1.65. The van der Waals surface area contributed by atoms with Gasteiger partial charge in [-0.3, -0.25) is 4.79 Å². The molecule has 0 fully saturated rings. The van der Waals surface area contributed by atoms with Crippen molar-refractivity contribution in [1.82, 2.24) is 5.32 Å². The number of rotatable bonds is 7. The predicted molar refractivity (Wildman–Crippen MR) is 108 cm³/mol. The van der Waals surface area contributed by atoms with E-state index in [0.717, 1.165) is 22.6 Å². The van der Waals surface area contributed by atoms with Crippen molar-refractivity contribution in [1.29, 1.82) is 0 Å². The lowest BCUT2D eigenvalue weighted by molar-refractivity contribution is -0.121. The quantitative estimate of drug-likeness (QED) is 0.664. The molecule has 0 aliphatic carbocycles. The fraction of sp³-hybridized carbons (Fsp3) is 0.261. The van der Waals surface area contributed by atoms with Gasteiger partial charge in [-0.15, -0.1) is 0 Å². The minimum Gasteiger partial charge on any atom is -0.497 e. The number of amides is 1. The van der Waals surface area contributed by atoms with Crippen molar-refractivity contribution in [3.63, 3.8) is 0 Å². The molecule has 0 radical (unpaired) electrons. The maximum Gasteiger partial charge on any atom is 0.220 e. The maximum atomic E-state index is 12.5. The lowest BCUT2D eigenvalue weighted by Gasteiger charge is -2.17. The van der Waals surface area contributed by atoms with Crippen LogP contribution in [0.3, 0.4) is 0 Å². The van der Waals surface area contributed by atoms with Crippen LogP contribution in [0.15, 0.2) is 60.7 Å². The van der Waals surface area contributed by atoms with Gasteiger partial charge in [0, 0.05) is 12.5 Å². The van der Waals surface area contributed by atoms with E-state index in [0.29, 0.717) is 12.8 Å². The second-order valence-electron chi connectivity index (χ2n) is 6.58. The first kappa shape index (κ1) is 18.8. The summed E-state index contributed by atoms with van der Waals surface area (Å²) in [6.45, 7) is 2.02. The lowest BCUT2D eigenvalue weighted by Crippen LogP contribution is -2.27. The van der Waals surface area contributed by atoms with Crippen LogP contribution in [-0.4, -0.2) is 20.1 Å². The summed E-state index contributed by atoms with van der Waals surface area (Å²) in [7, 11) is 3.24. The van der Waals surface area contributed by atoms with Crippen LogP contribution < -0.4 is 14.8 Å². The third-order valence-corrected chi connectivity index (χ3v) is 4.72. The Morgan fingerprint density at radius 1 is 0.963 bits per heavy atom. The highest BCUT2D eigenvalue weighted by Crippen LogP contribution is 2.25. The van der Waals surface area contributed by atoms with Gasteiger partial charge in [0.1, 0.15) is 11.5 Å². The number of ether oxygens (including phenoxy) is 2. The molecule has 1 atom stereocenters. The standard InChI is InChI=1S/C23H25NO3/c1-16(21-10-6-8-18-7-4-5-9-22(18)21)24-23(25)12-11-17-13-19(26-2)15-20(14-17)27-3/h4-10,13-16H,11-12H2,1-3H3,(H,24,25). The molecule has 0 aromatic heterocycles. The van der Waals surface area contributed by atoms with Gasteiger partial charge in [-0.2, -0.15) is 0 Å². The minimum atomic E-state index is -0.0524. The molecule has 1 unspecified atom stereocenters. The molecule has 0 heterocycles. The summed E-state index contributed by atoms with van der Waals surface area (Å²) in [5, 5.41) is 5.47. The number of hydrogen-bond donors (Lipinski definition) is 1. The molecule has 140 valence electrons. The Hall–Kier alpha value is -3.01. The molecule has 4 nitrogen and oxygen atoms in total. The molecule has 27 heavy (non-hydrogen) atoms. The van der Waals surface area contributed by atoms with Gasteiger partial charge in [-0.25, -0.2) is 0 Å². The zero-order valence-corrected chi connectivity index (χ0v) is 16.0. The number of carbonyl (C=O) groups excluding carboxylic acids is 1. The Labute approximate surface area is 160 Å². The summed E-state index contributed by atoms with van der Waals surface area (Å²) in [5.41, 5.74) is 2.14. The van der Waals surface area contributed by atoms with E-state index < -0.39 is 0 Å². The molecule has 0 saturated carbocycles. The van der Waals surface area contributed by atoms with E-state index in [9.17, 15) is 4.79 Å². The van der Waals surface area contributed by atoms with E-state index in [1.54, 1.807) is 14.2 Å². The molecule has 3 aromatic rings. The highest BCUT2D eigenvalue weighted by atomic mass is 16.5. The Morgan fingerprint density at radius 3 is 2.33 bits per heavy atom. The van der Waals surface area contributed by atoms with Crippen molar-refractivity contribution in [2.45, 2.75) is 25.8 Å². The van der Waals surface area contributed by atoms with Crippen molar-refractivity contribution < 1.29 is 14.3 Å². The van der Waals surface area contributed by atoms with Crippen molar-refractivity contribution >= 4 is 16.7 Å². The fourth-order valence-electron chi connectivity index (χ4n) is 3.29. The van der Waals surface area contributed by atoms with Crippen LogP contribution in [0.25, 0.3) is 10.8 Å². The fourth-order valence-corrected chi connectivity index (χ4v) is 3.29. The number of nitrogens with one attached hydrogen (secondary N) is 1. The van der Waals surface area contributed by atoms with E-state index in [-0.39, 0.29) is 11.9 Å². The lowest BCUT2D eigenvalue weighted by atomic mass is 9.99. The normalized spacial score (nSPS) is 11.8. The summed E-state index contributed by atoms with van der Waals surface area (Å²) >= 11 is 0. The largest absolute Gasteiger partial charge is 0.497 e. The van der Waals surface area contributed by atoms with Gasteiger partial charge < -0.3 is 14.8 Å². The predicted octanol–water partition coefficient (Wildman–Crippen LogP) is 4.67. The first-order valence-electron chi connectivity index (χ1n) is 9.09. The second-order valence-corrected chi connectivity index (χ2v) is 6.58. The SMILES string of the molecule is COc1cc(CCC(=O)NC(C)c2cccc3ccccc23)cc(OC)c1. The zero-order valence-electron chi connectivity index (χ0n) is 16.0. The smallest absolute Gasteiger partial charge is 0.220 e. The molecule has 0 bridgehead atoms. The maximum absolute atomic E-state index is 12.5. The molecule has 3 aromatic carbocycles. The third kappa shape index (κ3) is 4.59. The van der Waals surface area contributed by atoms with Gasteiger partial charge in [0.2, 0.25) is 5.91 Å². The molecular formula is C23H25NO3. The van der Waals surface area contributed by atoms with Gasteiger partial charge >= 0.3 is 0 Å². The van der Waals surface area contributed by atoms with E-state index in [1.165, 1.54) is 10.8 Å².